The van der Waals surface area contributed by atoms with Gasteiger partial charge in [0.25, 0.3) is 0 Å². The van der Waals surface area contributed by atoms with Gasteiger partial charge in [-0.05, 0) is 0 Å². The van der Waals surface area contributed by atoms with Crippen LogP contribution in [0.15, 0.2) is 25.3 Å². The highest BCUT2D eigenvalue weighted by Crippen LogP contribution is 2.61. The second kappa shape index (κ2) is 11.8. The van der Waals surface area contributed by atoms with E-state index in [2.05, 4.69) is 43.3 Å². The number of imidazole rings is 2. The SMILES string of the molecule is Nc1ncnc2c1ncn2[C@@H]1O[C@H](COP(=O)(O)OP(=O)(O)OC[C@H]2O[C@@H](n3cnc4c(N)ncnc43)[C@H](F)[C@@H]2O)[C@@H](O)[C@H]1F. The maximum absolute atomic E-state index is 14.9. The van der Waals surface area contributed by atoms with Gasteiger partial charge in [-0.2, -0.15) is 4.31 Å². The molecule has 2 unspecified atom stereocenters. The van der Waals surface area contributed by atoms with Crippen LogP contribution in [0.3, 0.4) is 0 Å². The quantitative estimate of drug-likeness (QED) is 0.113. The number of rotatable bonds is 10. The van der Waals surface area contributed by atoms with Gasteiger partial charge >= 0.3 is 15.6 Å². The summed E-state index contributed by atoms with van der Waals surface area (Å²) in [6, 6.07) is 0. The molecule has 0 amide bonds. The van der Waals surface area contributed by atoms with Crippen molar-refractivity contribution in [1.82, 2.24) is 39.0 Å². The van der Waals surface area contributed by atoms with Crippen molar-refractivity contribution < 1.29 is 60.7 Å². The third kappa shape index (κ3) is 6.00. The standard InChI is InChI=1S/C20H24F2N10O11P2/c21-9-13(33)7(41-19(9)31-5-29-11-15(23)25-3-27-17(11)31)1-39-44(35,36)43-45(37,38)40-2-8-14(34)10(22)20(42-8)32-6-30-12-16(24)26-4-28-18(12)32/h3-10,13-14,19-20,33-34H,1-2H2,(H,35,36)(H,37,38)(H2,23,25,27)(H2,24,26,28)/t7-,8-,9-,10-,13-,14-,19-,20-/m1/s1. The minimum Gasteiger partial charge on any atom is -0.387 e. The second-order valence-corrected chi connectivity index (χ2v) is 12.8. The molecule has 2 saturated heterocycles. The van der Waals surface area contributed by atoms with Crippen molar-refractivity contribution in [3.05, 3.63) is 25.3 Å². The lowest BCUT2D eigenvalue weighted by Crippen LogP contribution is -2.31. The number of nitrogen functional groups attached to an aromatic ring is 2. The highest BCUT2D eigenvalue weighted by molar-refractivity contribution is 7.61. The first-order valence-corrected chi connectivity index (χ1v) is 15.7. The molecule has 6 heterocycles. The van der Waals surface area contributed by atoms with E-state index in [0.717, 1.165) is 34.4 Å². The van der Waals surface area contributed by atoms with Crippen LogP contribution in [0.2, 0.25) is 0 Å². The lowest BCUT2D eigenvalue weighted by molar-refractivity contribution is -0.0485. The van der Waals surface area contributed by atoms with E-state index < -0.39 is 78.1 Å². The minimum absolute atomic E-state index is 0.00689. The van der Waals surface area contributed by atoms with Crippen LogP contribution in [0.4, 0.5) is 20.4 Å². The van der Waals surface area contributed by atoms with Gasteiger partial charge in [-0.1, -0.05) is 0 Å². The predicted octanol–water partition coefficient (Wildman–Crippen LogP) is -0.726. The van der Waals surface area contributed by atoms with Crippen LogP contribution in [0.5, 0.6) is 0 Å². The summed E-state index contributed by atoms with van der Waals surface area (Å²) in [7, 11) is -10.9. The fourth-order valence-electron chi connectivity index (χ4n) is 4.76. The number of fused-ring (bicyclic) bond motifs is 2. The summed E-state index contributed by atoms with van der Waals surface area (Å²) in [4.78, 5) is 43.4. The number of aliphatic hydroxyl groups is 2. The van der Waals surface area contributed by atoms with Crippen LogP contribution in [0, 0.1) is 0 Å². The maximum atomic E-state index is 14.9. The first-order chi connectivity index (χ1) is 21.3. The Morgan fingerprint density at radius 3 is 1.56 bits per heavy atom. The van der Waals surface area contributed by atoms with Gasteiger partial charge in [-0.25, -0.2) is 47.8 Å². The van der Waals surface area contributed by atoms with Crippen LogP contribution in [-0.4, -0.2) is 109 Å². The van der Waals surface area contributed by atoms with Crippen LogP contribution in [-0.2, 0) is 32.0 Å². The number of anilines is 2. The molecule has 2 fully saturated rings. The Kier molecular flexibility index (Phi) is 8.29. The molecule has 0 radical (unpaired) electrons. The summed E-state index contributed by atoms with van der Waals surface area (Å²) >= 11 is 0. The molecule has 6 rings (SSSR count). The first-order valence-electron chi connectivity index (χ1n) is 12.7. The Morgan fingerprint density at radius 1 is 0.756 bits per heavy atom. The molecule has 2 aliphatic heterocycles. The van der Waals surface area contributed by atoms with Crippen molar-refractivity contribution in [3.8, 4) is 0 Å². The van der Waals surface area contributed by atoms with Crippen LogP contribution in [0.1, 0.15) is 12.5 Å². The normalized spacial score (nSPS) is 31.4. The number of phosphoric acid groups is 2. The number of nitrogens with zero attached hydrogens (tertiary/aromatic N) is 8. The molecule has 0 aliphatic carbocycles. The van der Waals surface area contributed by atoms with Crippen LogP contribution >= 0.6 is 15.6 Å². The summed E-state index contributed by atoms with van der Waals surface area (Å²) in [6.45, 7) is -1.98. The van der Waals surface area contributed by atoms with E-state index in [1.165, 1.54) is 0 Å². The topological polar surface area (TPSA) is 300 Å². The summed E-state index contributed by atoms with van der Waals surface area (Å²) in [5.74, 6) is 0.0138. The molecule has 0 saturated carbocycles. The highest BCUT2D eigenvalue weighted by Gasteiger charge is 2.49. The lowest BCUT2D eigenvalue weighted by Gasteiger charge is -2.20. The summed E-state index contributed by atoms with van der Waals surface area (Å²) in [6.07, 6.45) is -9.62. The fourth-order valence-corrected chi connectivity index (χ4v) is 6.85. The maximum Gasteiger partial charge on any atom is 0.481 e. The molecule has 8 N–H and O–H groups in total. The summed E-state index contributed by atoms with van der Waals surface area (Å²) in [5.41, 5.74) is 11.9. The molecule has 0 spiro atoms. The van der Waals surface area contributed by atoms with Gasteiger partial charge in [0.05, 0.1) is 25.9 Å². The first kappa shape index (κ1) is 31.6. The molecule has 10 atom stereocenters. The minimum atomic E-state index is -5.43. The molecule has 25 heteroatoms. The van der Waals surface area contributed by atoms with E-state index in [4.69, 9.17) is 20.9 Å². The van der Waals surface area contributed by atoms with E-state index in [9.17, 15) is 37.9 Å². The molecule has 244 valence electrons. The van der Waals surface area contributed by atoms with Crippen LogP contribution in [0.25, 0.3) is 22.3 Å². The number of aromatic nitrogens is 8. The van der Waals surface area contributed by atoms with E-state index in [1.54, 1.807) is 0 Å². The van der Waals surface area contributed by atoms with Crippen molar-refractivity contribution in [2.75, 3.05) is 24.7 Å². The van der Waals surface area contributed by atoms with Crippen molar-refractivity contribution in [3.63, 3.8) is 0 Å². The Balaban J connectivity index is 1.04. The summed E-state index contributed by atoms with van der Waals surface area (Å²) < 4.78 is 81.4. The van der Waals surface area contributed by atoms with Gasteiger partial charge < -0.3 is 40.9 Å². The fraction of sp³-hybridized carbons (Fsp3) is 0.500. The Bertz CT molecular complexity index is 1690. The highest BCUT2D eigenvalue weighted by atomic mass is 31.3. The molecule has 45 heavy (non-hydrogen) atoms. The van der Waals surface area contributed by atoms with Gasteiger partial charge in [-0.3, -0.25) is 18.2 Å². The van der Waals surface area contributed by atoms with Gasteiger partial charge in [-0.15, -0.1) is 0 Å². The molecule has 4 aromatic rings. The number of nitrogens with two attached hydrogens (primary N) is 2. The van der Waals surface area contributed by atoms with E-state index >= 15 is 0 Å². The zero-order valence-corrected chi connectivity index (χ0v) is 24.2. The predicted molar refractivity (Wildman–Crippen MR) is 142 cm³/mol. The van der Waals surface area contributed by atoms with Crippen molar-refractivity contribution in [2.45, 2.75) is 49.2 Å². The molecule has 2 aliphatic rings. The third-order valence-corrected chi connectivity index (χ3v) is 9.52. The average molecular weight is 680 g/mol. The number of hydrogen-bond donors (Lipinski definition) is 6. The zero-order chi connectivity index (χ0) is 32.3. The van der Waals surface area contributed by atoms with Gasteiger partial charge in [0.1, 0.15) is 48.1 Å². The van der Waals surface area contributed by atoms with E-state index in [1.807, 2.05) is 0 Å². The third-order valence-electron chi connectivity index (χ3n) is 6.92. The molecule has 21 nitrogen and oxygen atoms in total. The second-order valence-electron chi connectivity index (χ2n) is 9.78. The molecular weight excluding hydrogens is 656 g/mol. The number of ether oxygens (including phenoxy) is 2. The number of aliphatic hydroxyl groups excluding tert-OH is 2. The number of phosphoric ester groups is 2. The number of hydrogen-bond acceptors (Lipinski definition) is 17. The van der Waals surface area contributed by atoms with Crippen molar-refractivity contribution in [2.24, 2.45) is 0 Å². The molecule has 0 bridgehead atoms. The monoisotopic (exact) mass is 680 g/mol. The Hall–Kier alpha value is -3.34. The lowest BCUT2D eigenvalue weighted by atomic mass is 10.1. The number of alkyl halides is 2. The van der Waals surface area contributed by atoms with Gasteiger partial charge in [0.15, 0.2) is 47.7 Å². The van der Waals surface area contributed by atoms with Gasteiger partial charge in [0.2, 0.25) is 0 Å². The molecule has 0 aromatic carbocycles. The van der Waals surface area contributed by atoms with Crippen molar-refractivity contribution in [1.29, 1.82) is 0 Å². The molecular formula is C20H24F2N10O11P2. The van der Waals surface area contributed by atoms with Crippen LogP contribution < -0.4 is 11.5 Å². The number of halogens is 2. The summed E-state index contributed by atoms with van der Waals surface area (Å²) in [5, 5.41) is 20.6. The Morgan fingerprint density at radius 2 is 1.16 bits per heavy atom. The van der Waals surface area contributed by atoms with Gasteiger partial charge in [0, 0.05) is 0 Å². The zero-order valence-electron chi connectivity index (χ0n) is 22.4. The van der Waals surface area contributed by atoms with E-state index in [-0.39, 0.29) is 34.0 Å². The average Bonchev–Trinajstić information content (AvgIpc) is 3.73. The Labute approximate surface area is 249 Å². The molecule has 4 aromatic heterocycles. The largest absolute Gasteiger partial charge is 0.481 e. The van der Waals surface area contributed by atoms with E-state index in [0.29, 0.717) is 0 Å². The van der Waals surface area contributed by atoms with Crippen molar-refractivity contribution >= 4 is 49.6 Å². The smallest absolute Gasteiger partial charge is 0.387 e.